The van der Waals surface area contributed by atoms with Crippen LogP contribution in [0, 0.1) is 5.92 Å². The number of rotatable bonds is 7. The van der Waals surface area contributed by atoms with Crippen molar-refractivity contribution in [1.82, 2.24) is 5.32 Å². The molecule has 2 atom stereocenters. The molecule has 0 bridgehead atoms. The Bertz CT molecular complexity index is 1120. The standard InChI is InChI=1S/C26H25NO4S/c1-17(2)16-26(27-24(29)18-9-4-3-5-10-18)20(15-21(28)23-13-8-14-32-23)19-11-6-7-12-22(19)31-25(26)30/h3-14,17,20H,15-16H2,1-2H3,(H,27,29)/t20-,26+/m1/s1. The highest BCUT2D eigenvalue weighted by atomic mass is 32.1. The predicted octanol–water partition coefficient (Wildman–Crippen LogP) is 5.24. The molecule has 2 aromatic carbocycles. The number of hydrogen-bond donors (Lipinski definition) is 1. The molecule has 1 N–H and O–H groups in total. The monoisotopic (exact) mass is 447 g/mol. The molecule has 4 rings (SSSR count). The first-order valence-electron chi connectivity index (χ1n) is 10.7. The summed E-state index contributed by atoms with van der Waals surface area (Å²) in [7, 11) is 0. The summed E-state index contributed by atoms with van der Waals surface area (Å²) in [4.78, 5) is 40.5. The molecular formula is C26H25NO4S. The maximum atomic E-state index is 13.5. The number of fused-ring (bicyclic) bond motifs is 1. The summed E-state index contributed by atoms with van der Waals surface area (Å²) >= 11 is 1.37. The van der Waals surface area contributed by atoms with Gasteiger partial charge in [-0.2, -0.15) is 0 Å². The van der Waals surface area contributed by atoms with E-state index in [0.29, 0.717) is 22.6 Å². The predicted molar refractivity (Wildman–Crippen MR) is 124 cm³/mol. The Labute approximate surface area is 191 Å². The molecule has 0 saturated heterocycles. The Kier molecular flexibility index (Phi) is 6.24. The number of Topliss-reactive ketones (excluding diaryl/α,β-unsaturated/α-hetero) is 1. The molecule has 3 aromatic rings. The van der Waals surface area contributed by atoms with Crippen molar-refractivity contribution in [3.63, 3.8) is 0 Å². The van der Waals surface area contributed by atoms with Crippen molar-refractivity contribution in [2.24, 2.45) is 5.92 Å². The molecule has 1 aliphatic rings. The van der Waals surface area contributed by atoms with Crippen LogP contribution in [0.3, 0.4) is 0 Å². The number of ketones is 1. The lowest BCUT2D eigenvalue weighted by Gasteiger charge is -2.44. The van der Waals surface area contributed by atoms with E-state index in [4.69, 9.17) is 4.74 Å². The minimum absolute atomic E-state index is 0.0587. The highest BCUT2D eigenvalue weighted by Gasteiger charge is 2.53. The van der Waals surface area contributed by atoms with E-state index >= 15 is 0 Å². The number of amides is 1. The van der Waals surface area contributed by atoms with Gasteiger partial charge in [0, 0.05) is 23.5 Å². The van der Waals surface area contributed by atoms with Gasteiger partial charge in [0.2, 0.25) is 0 Å². The Morgan fingerprint density at radius 2 is 1.75 bits per heavy atom. The molecular weight excluding hydrogens is 422 g/mol. The molecule has 0 aliphatic carbocycles. The van der Waals surface area contributed by atoms with Gasteiger partial charge >= 0.3 is 5.97 Å². The van der Waals surface area contributed by atoms with Crippen molar-refractivity contribution in [3.8, 4) is 5.75 Å². The quantitative estimate of drug-likeness (QED) is 0.305. The molecule has 6 heteroatoms. The van der Waals surface area contributed by atoms with Crippen LogP contribution < -0.4 is 10.1 Å². The van der Waals surface area contributed by atoms with Gasteiger partial charge in [0.1, 0.15) is 11.3 Å². The molecule has 0 unspecified atom stereocenters. The zero-order chi connectivity index (χ0) is 22.7. The smallest absolute Gasteiger partial charge is 0.337 e. The summed E-state index contributed by atoms with van der Waals surface area (Å²) < 4.78 is 5.73. The SMILES string of the molecule is CC(C)C[C@@]1(NC(=O)c2ccccc2)C(=O)Oc2ccccc2[C@H]1CC(=O)c1cccs1. The zero-order valence-electron chi connectivity index (χ0n) is 18.0. The van der Waals surface area contributed by atoms with Gasteiger partial charge in [0.25, 0.3) is 5.91 Å². The van der Waals surface area contributed by atoms with Crippen molar-refractivity contribution >= 4 is 29.0 Å². The minimum atomic E-state index is -1.36. The van der Waals surface area contributed by atoms with Crippen LogP contribution in [0.2, 0.25) is 0 Å². The number of esters is 1. The number of benzene rings is 2. The van der Waals surface area contributed by atoms with Gasteiger partial charge in [0.15, 0.2) is 5.78 Å². The van der Waals surface area contributed by atoms with E-state index in [0.717, 1.165) is 5.56 Å². The van der Waals surface area contributed by atoms with Gasteiger partial charge in [0.05, 0.1) is 4.88 Å². The lowest BCUT2D eigenvalue weighted by atomic mass is 9.70. The molecule has 1 aliphatic heterocycles. The molecule has 0 radical (unpaired) electrons. The Morgan fingerprint density at radius 1 is 1.03 bits per heavy atom. The van der Waals surface area contributed by atoms with Crippen molar-refractivity contribution in [1.29, 1.82) is 0 Å². The van der Waals surface area contributed by atoms with Gasteiger partial charge < -0.3 is 10.1 Å². The summed E-state index contributed by atoms with van der Waals surface area (Å²) in [5.41, 5.74) is -0.154. The number of hydrogen-bond acceptors (Lipinski definition) is 5. The van der Waals surface area contributed by atoms with Crippen LogP contribution >= 0.6 is 11.3 Å². The molecule has 0 saturated carbocycles. The first kappa shape index (κ1) is 22.0. The van der Waals surface area contributed by atoms with Crippen LogP contribution in [-0.2, 0) is 4.79 Å². The third-order valence-corrected chi connectivity index (χ3v) is 6.66. The lowest BCUT2D eigenvalue weighted by molar-refractivity contribution is -0.145. The minimum Gasteiger partial charge on any atom is -0.424 e. The molecule has 32 heavy (non-hydrogen) atoms. The number of para-hydroxylation sites is 1. The summed E-state index contributed by atoms with van der Waals surface area (Å²) in [6.45, 7) is 3.98. The summed E-state index contributed by atoms with van der Waals surface area (Å²) in [6, 6.07) is 19.7. The lowest BCUT2D eigenvalue weighted by Crippen LogP contribution is -2.62. The second-order valence-electron chi connectivity index (χ2n) is 8.47. The molecule has 5 nitrogen and oxygen atoms in total. The normalized spacial score (nSPS) is 19.8. The Balaban J connectivity index is 1.81. The van der Waals surface area contributed by atoms with Gasteiger partial charge in [-0.1, -0.05) is 56.3 Å². The second-order valence-corrected chi connectivity index (χ2v) is 9.42. The zero-order valence-corrected chi connectivity index (χ0v) is 18.9. The second kappa shape index (κ2) is 9.09. The fourth-order valence-electron chi connectivity index (χ4n) is 4.39. The third kappa shape index (κ3) is 4.23. The number of thiophene rings is 1. The molecule has 2 heterocycles. The summed E-state index contributed by atoms with van der Waals surface area (Å²) in [5.74, 6) is -0.992. The van der Waals surface area contributed by atoms with Crippen molar-refractivity contribution in [2.75, 3.05) is 0 Å². The number of carbonyl (C=O) groups excluding carboxylic acids is 3. The number of ether oxygens (including phenoxy) is 1. The maximum absolute atomic E-state index is 13.5. The molecule has 1 amide bonds. The van der Waals surface area contributed by atoms with Crippen molar-refractivity contribution < 1.29 is 19.1 Å². The van der Waals surface area contributed by atoms with E-state index in [1.807, 2.05) is 43.5 Å². The van der Waals surface area contributed by atoms with Crippen molar-refractivity contribution in [3.05, 3.63) is 88.1 Å². The molecule has 164 valence electrons. The highest BCUT2D eigenvalue weighted by Crippen LogP contribution is 2.46. The van der Waals surface area contributed by atoms with Gasteiger partial charge in [-0.15, -0.1) is 11.3 Å². The largest absolute Gasteiger partial charge is 0.424 e. The van der Waals surface area contributed by atoms with E-state index < -0.39 is 17.4 Å². The van der Waals surface area contributed by atoms with E-state index in [9.17, 15) is 14.4 Å². The maximum Gasteiger partial charge on any atom is 0.337 e. The van der Waals surface area contributed by atoms with Crippen LogP contribution in [-0.4, -0.2) is 23.2 Å². The average molecular weight is 448 g/mol. The Hall–Kier alpha value is -3.25. The van der Waals surface area contributed by atoms with Crippen molar-refractivity contribution in [2.45, 2.75) is 38.1 Å². The summed E-state index contributed by atoms with van der Waals surface area (Å²) in [5, 5.41) is 4.87. The molecule has 0 fully saturated rings. The van der Waals surface area contributed by atoms with Crippen LogP contribution in [0.1, 0.15) is 58.2 Å². The van der Waals surface area contributed by atoms with Crippen LogP contribution in [0.4, 0.5) is 0 Å². The number of nitrogens with one attached hydrogen (secondary N) is 1. The van der Waals surface area contributed by atoms with E-state index in [1.54, 1.807) is 42.5 Å². The fourth-order valence-corrected chi connectivity index (χ4v) is 5.07. The van der Waals surface area contributed by atoms with E-state index in [1.165, 1.54) is 11.3 Å². The number of carbonyl (C=O) groups is 3. The fraction of sp³-hybridized carbons (Fsp3) is 0.269. The first-order valence-corrected chi connectivity index (χ1v) is 11.5. The van der Waals surface area contributed by atoms with Gasteiger partial charge in [-0.3, -0.25) is 9.59 Å². The van der Waals surface area contributed by atoms with Crippen LogP contribution in [0.15, 0.2) is 72.1 Å². The van der Waals surface area contributed by atoms with E-state index in [-0.39, 0.29) is 24.0 Å². The molecule has 1 aromatic heterocycles. The van der Waals surface area contributed by atoms with Crippen LogP contribution in [0.5, 0.6) is 5.75 Å². The van der Waals surface area contributed by atoms with E-state index in [2.05, 4.69) is 5.32 Å². The van der Waals surface area contributed by atoms with Crippen LogP contribution in [0.25, 0.3) is 0 Å². The van der Waals surface area contributed by atoms with Gasteiger partial charge in [-0.25, -0.2) is 4.79 Å². The first-order chi connectivity index (χ1) is 15.4. The molecule has 0 spiro atoms. The Morgan fingerprint density at radius 3 is 2.44 bits per heavy atom. The topological polar surface area (TPSA) is 72.5 Å². The summed E-state index contributed by atoms with van der Waals surface area (Å²) in [6.07, 6.45) is 0.440. The third-order valence-electron chi connectivity index (χ3n) is 5.74. The average Bonchev–Trinajstić information content (AvgIpc) is 3.32. The van der Waals surface area contributed by atoms with Gasteiger partial charge in [-0.05, 0) is 42.0 Å². The highest BCUT2D eigenvalue weighted by molar-refractivity contribution is 7.12.